The minimum absolute atomic E-state index is 0.112. The van der Waals surface area contributed by atoms with E-state index in [4.69, 9.17) is 0 Å². The molecule has 6 nitrogen and oxygen atoms in total. The number of nitrogens with zero attached hydrogens (tertiary/aromatic N) is 3. The van der Waals surface area contributed by atoms with Crippen LogP contribution in [0.15, 0.2) is 47.6 Å². The van der Waals surface area contributed by atoms with Gasteiger partial charge in [0.1, 0.15) is 17.1 Å². The number of rotatable bonds is 3. The number of aryl methyl sites for hydroxylation is 1. The zero-order valence-electron chi connectivity index (χ0n) is 19.1. The molecule has 1 heterocycles. The summed E-state index contributed by atoms with van der Waals surface area (Å²) in [4.78, 5) is 0. The van der Waals surface area contributed by atoms with E-state index in [1.807, 2.05) is 0 Å². The average Bonchev–Trinajstić information content (AvgIpc) is 2.92. The van der Waals surface area contributed by atoms with Gasteiger partial charge in [0, 0.05) is 12.0 Å². The molecule has 1 atom stereocenters. The van der Waals surface area contributed by atoms with Crippen molar-refractivity contribution in [3.05, 3.63) is 70.2 Å². The maximum absolute atomic E-state index is 13.9. The Labute approximate surface area is 194 Å². The van der Waals surface area contributed by atoms with Gasteiger partial charge in [-0.2, -0.15) is 23.0 Å². The molecule has 2 aliphatic rings. The Kier molecular flexibility index (Phi) is 5.93. The predicted molar refractivity (Wildman–Crippen MR) is 120 cm³/mol. The van der Waals surface area contributed by atoms with E-state index in [0.717, 1.165) is 21.9 Å². The summed E-state index contributed by atoms with van der Waals surface area (Å²) >= 11 is 0. The van der Waals surface area contributed by atoms with Crippen LogP contribution in [0.2, 0.25) is 0 Å². The molecule has 2 N–H and O–H groups in total. The number of hydroxylamine groups is 3. The molecule has 1 unspecified atom stereocenters. The number of halogens is 4. The molecule has 4 rings (SSSR count). The van der Waals surface area contributed by atoms with Gasteiger partial charge in [-0.25, -0.2) is 4.39 Å². The average molecular weight is 478 g/mol. The van der Waals surface area contributed by atoms with E-state index in [0.29, 0.717) is 36.1 Å². The van der Waals surface area contributed by atoms with E-state index in [1.54, 1.807) is 26.8 Å². The summed E-state index contributed by atoms with van der Waals surface area (Å²) in [7, 11) is 0. The Balaban J connectivity index is 1.79. The third-order valence-corrected chi connectivity index (χ3v) is 6.59. The molecule has 0 aromatic heterocycles. The van der Waals surface area contributed by atoms with E-state index in [9.17, 15) is 28.0 Å². The zero-order valence-corrected chi connectivity index (χ0v) is 19.1. The second-order valence-corrected chi connectivity index (χ2v) is 9.25. The molecule has 1 aliphatic carbocycles. The highest BCUT2D eigenvalue weighted by Crippen LogP contribution is 2.43. The standard InChI is InChI=1S/C24H26F4N4O2/c1-15-13-16(10-11-19(15)25)21-22(2,3)32(34)23(31(21)33)12-5-4-9-20(23)30-29-18-8-6-7-17(14-18)24(26,27)28/h6-8,10-11,13-14,29,34H,4-5,9,12H2,1-3H3/b30-20+. The number of anilines is 1. The fourth-order valence-corrected chi connectivity index (χ4v) is 4.84. The van der Waals surface area contributed by atoms with Gasteiger partial charge in [-0.15, -0.1) is 5.06 Å². The molecule has 1 aliphatic heterocycles. The van der Waals surface area contributed by atoms with Gasteiger partial charge in [-0.1, -0.05) is 6.07 Å². The van der Waals surface area contributed by atoms with Crippen molar-refractivity contribution in [1.82, 2.24) is 5.06 Å². The smallest absolute Gasteiger partial charge is 0.416 e. The summed E-state index contributed by atoms with van der Waals surface area (Å²) in [6, 6.07) is 8.94. The van der Waals surface area contributed by atoms with Crippen LogP contribution in [0.4, 0.5) is 23.2 Å². The second-order valence-electron chi connectivity index (χ2n) is 9.25. The Bertz CT molecular complexity index is 1180. The quantitative estimate of drug-likeness (QED) is 0.258. The van der Waals surface area contributed by atoms with Gasteiger partial charge in [-0.3, -0.25) is 5.43 Å². The molecule has 1 fully saturated rings. The lowest BCUT2D eigenvalue weighted by atomic mass is 9.86. The molecule has 0 radical (unpaired) electrons. The van der Waals surface area contributed by atoms with Gasteiger partial charge < -0.3 is 10.4 Å². The highest BCUT2D eigenvalue weighted by Gasteiger charge is 2.65. The third-order valence-electron chi connectivity index (χ3n) is 6.59. The number of hydrogen-bond donors (Lipinski definition) is 2. The Morgan fingerprint density at radius 2 is 1.88 bits per heavy atom. The first kappa shape index (κ1) is 24.2. The molecule has 2 aromatic carbocycles. The topological polar surface area (TPSA) is 73.9 Å². The monoisotopic (exact) mass is 478 g/mol. The van der Waals surface area contributed by atoms with E-state index in [-0.39, 0.29) is 17.8 Å². The summed E-state index contributed by atoms with van der Waals surface area (Å²) in [5.74, 6) is -0.404. The molecule has 2 aromatic rings. The van der Waals surface area contributed by atoms with Crippen molar-refractivity contribution < 1.29 is 27.5 Å². The number of hydrogen-bond acceptors (Lipinski definition) is 5. The van der Waals surface area contributed by atoms with Gasteiger partial charge >= 0.3 is 6.18 Å². The first-order valence-corrected chi connectivity index (χ1v) is 11.0. The largest absolute Gasteiger partial charge is 0.622 e. The summed E-state index contributed by atoms with van der Waals surface area (Å²) in [5.41, 5.74) is 0.672. The van der Waals surface area contributed by atoms with Crippen LogP contribution in [0.3, 0.4) is 0 Å². The SMILES string of the molecule is Cc1cc(C2=[N+]([O-])C3(CCCC/C3=N\Nc3cccc(C(F)(F)F)c3)N(O)C2(C)C)ccc1F. The lowest BCUT2D eigenvalue weighted by Crippen LogP contribution is -2.61. The lowest BCUT2D eigenvalue weighted by molar-refractivity contribution is -0.568. The van der Waals surface area contributed by atoms with Gasteiger partial charge in [-0.05, 0) is 82.0 Å². The normalized spacial score (nSPS) is 24.3. The molecule has 0 bridgehead atoms. The Morgan fingerprint density at radius 1 is 1.15 bits per heavy atom. The predicted octanol–water partition coefficient (Wildman–Crippen LogP) is 5.67. The fraction of sp³-hybridized carbons (Fsp3) is 0.417. The van der Waals surface area contributed by atoms with Crippen molar-refractivity contribution in [2.24, 2.45) is 5.10 Å². The minimum Gasteiger partial charge on any atom is -0.622 e. The molecule has 182 valence electrons. The zero-order chi connectivity index (χ0) is 24.9. The molecular formula is C24H26F4N4O2. The van der Waals surface area contributed by atoms with Crippen LogP contribution >= 0.6 is 0 Å². The second kappa shape index (κ2) is 8.35. The molecule has 1 spiro atoms. The molecule has 34 heavy (non-hydrogen) atoms. The maximum atomic E-state index is 13.9. The summed E-state index contributed by atoms with van der Waals surface area (Å²) in [5, 5.41) is 30.5. The summed E-state index contributed by atoms with van der Waals surface area (Å²) < 4.78 is 53.8. The first-order chi connectivity index (χ1) is 15.9. The van der Waals surface area contributed by atoms with E-state index >= 15 is 0 Å². The maximum Gasteiger partial charge on any atom is 0.416 e. The van der Waals surface area contributed by atoms with Crippen LogP contribution in [0.1, 0.15) is 56.2 Å². The van der Waals surface area contributed by atoms with Gasteiger partial charge in [0.15, 0.2) is 0 Å². The van der Waals surface area contributed by atoms with Gasteiger partial charge in [0.05, 0.1) is 11.3 Å². The van der Waals surface area contributed by atoms with Gasteiger partial charge in [0.25, 0.3) is 5.66 Å². The van der Waals surface area contributed by atoms with Crippen LogP contribution in [0.5, 0.6) is 0 Å². The Morgan fingerprint density at radius 3 is 2.56 bits per heavy atom. The minimum atomic E-state index is -4.50. The van der Waals surface area contributed by atoms with E-state index < -0.39 is 28.8 Å². The van der Waals surface area contributed by atoms with Crippen LogP contribution < -0.4 is 5.43 Å². The number of hydrazone groups is 1. The summed E-state index contributed by atoms with van der Waals surface area (Å²) in [6.45, 7) is 4.97. The van der Waals surface area contributed by atoms with Crippen molar-refractivity contribution in [2.75, 3.05) is 5.43 Å². The highest BCUT2D eigenvalue weighted by molar-refractivity contribution is 6.07. The number of nitrogens with one attached hydrogen (secondary N) is 1. The van der Waals surface area contributed by atoms with Crippen molar-refractivity contribution >= 4 is 17.1 Å². The van der Waals surface area contributed by atoms with E-state index in [2.05, 4.69) is 10.5 Å². The molecule has 0 amide bonds. The molecular weight excluding hydrogens is 452 g/mol. The fourth-order valence-electron chi connectivity index (χ4n) is 4.84. The summed E-state index contributed by atoms with van der Waals surface area (Å²) in [6.07, 6.45) is -2.52. The van der Waals surface area contributed by atoms with Crippen molar-refractivity contribution in [3.63, 3.8) is 0 Å². The van der Waals surface area contributed by atoms with Crippen LogP contribution in [0.25, 0.3) is 0 Å². The van der Waals surface area contributed by atoms with Gasteiger partial charge in [0.2, 0.25) is 5.71 Å². The van der Waals surface area contributed by atoms with Crippen LogP contribution in [-0.2, 0) is 6.18 Å². The van der Waals surface area contributed by atoms with Crippen LogP contribution in [-0.4, -0.2) is 37.6 Å². The van der Waals surface area contributed by atoms with Crippen molar-refractivity contribution in [1.29, 1.82) is 0 Å². The number of benzene rings is 2. The number of alkyl halides is 3. The third kappa shape index (κ3) is 3.84. The molecule has 1 saturated carbocycles. The molecule has 0 saturated heterocycles. The Hall–Kier alpha value is -2.98. The van der Waals surface area contributed by atoms with E-state index in [1.165, 1.54) is 24.3 Å². The van der Waals surface area contributed by atoms with Crippen molar-refractivity contribution in [3.8, 4) is 0 Å². The lowest BCUT2D eigenvalue weighted by Gasteiger charge is -2.38. The van der Waals surface area contributed by atoms with Crippen molar-refractivity contribution in [2.45, 2.75) is 63.8 Å². The first-order valence-electron chi connectivity index (χ1n) is 11.0. The highest BCUT2D eigenvalue weighted by atomic mass is 19.4. The molecule has 10 heteroatoms. The van der Waals surface area contributed by atoms with Crippen LogP contribution in [0, 0.1) is 17.9 Å².